The van der Waals surface area contributed by atoms with Gasteiger partial charge in [-0.05, 0) is 48.5 Å². The lowest BCUT2D eigenvalue weighted by molar-refractivity contribution is -0.114. The highest BCUT2D eigenvalue weighted by atomic mass is 35.5. The number of hydrogen-bond donors (Lipinski definition) is 1. The average Bonchev–Trinajstić information content (AvgIpc) is 3.01. The zero-order valence-corrected chi connectivity index (χ0v) is 25.8. The van der Waals surface area contributed by atoms with Crippen LogP contribution in [0.25, 0.3) is 0 Å². The summed E-state index contributed by atoms with van der Waals surface area (Å²) in [5, 5.41) is 2.18. The number of carbonyl (C=O) groups is 1. The molecule has 1 aliphatic rings. The van der Waals surface area contributed by atoms with E-state index >= 15 is 0 Å². The second-order valence-electron chi connectivity index (χ2n) is 9.06. The molecule has 43 heavy (non-hydrogen) atoms. The van der Waals surface area contributed by atoms with Crippen LogP contribution in [-0.4, -0.2) is 81.2 Å². The maximum atomic E-state index is 14.0. The van der Waals surface area contributed by atoms with Gasteiger partial charge in [-0.2, -0.15) is 4.31 Å². The molecule has 1 fully saturated rings. The Kier molecular flexibility index (Phi) is 10.0. The van der Waals surface area contributed by atoms with Crippen molar-refractivity contribution in [2.45, 2.75) is 9.79 Å². The smallest absolute Gasteiger partial charge is 0.264 e. The summed E-state index contributed by atoms with van der Waals surface area (Å²) in [5.41, 5.74) is -0.0279. The third-order valence-electron chi connectivity index (χ3n) is 6.46. The van der Waals surface area contributed by atoms with Gasteiger partial charge in [-0.3, -0.25) is 9.10 Å². The Labute approximate surface area is 253 Å². The molecule has 0 aromatic heterocycles. The normalized spacial score (nSPS) is 14.2. The van der Waals surface area contributed by atoms with Crippen LogP contribution in [0.4, 0.5) is 15.8 Å². The predicted molar refractivity (Wildman–Crippen MR) is 157 cm³/mol. The fourth-order valence-corrected chi connectivity index (χ4v) is 7.47. The number of rotatable bonds is 11. The molecule has 4 rings (SSSR count). The van der Waals surface area contributed by atoms with Crippen molar-refractivity contribution < 1.29 is 45.0 Å². The molecule has 12 nitrogen and oxygen atoms in total. The van der Waals surface area contributed by atoms with Crippen molar-refractivity contribution in [1.29, 1.82) is 0 Å². The van der Waals surface area contributed by atoms with Crippen LogP contribution in [-0.2, 0) is 29.6 Å². The molecule has 3 aromatic rings. The van der Waals surface area contributed by atoms with Gasteiger partial charge in [0.25, 0.3) is 10.0 Å². The summed E-state index contributed by atoms with van der Waals surface area (Å²) in [6, 6.07) is 11.1. The van der Waals surface area contributed by atoms with Crippen molar-refractivity contribution in [1.82, 2.24) is 4.31 Å². The van der Waals surface area contributed by atoms with E-state index in [4.69, 9.17) is 30.5 Å². The highest BCUT2D eigenvalue weighted by Crippen LogP contribution is 2.34. The number of nitrogens with zero attached hydrogens (tertiary/aromatic N) is 2. The summed E-state index contributed by atoms with van der Waals surface area (Å²) in [6.07, 6.45) is 0. The molecular formula is C27H29ClFN3O9S2. The molecule has 1 N–H and O–H groups in total. The summed E-state index contributed by atoms with van der Waals surface area (Å²) in [7, 11) is -4.44. The number of ether oxygens (including phenoxy) is 4. The van der Waals surface area contributed by atoms with Gasteiger partial charge in [-0.1, -0.05) is 11.6 Å². The van der Waals surface area contributed by atoms with E-state index in [0.717, 1.165) is 22.5 Å². The maximum Gasteiger partial charge on any atom is 0.264 e. The van der Waals surface area contributed by atoms with Crippen LogP contribution in [0.1, 0.15) is 0 Å². The third kappa shape index (κ3) is 6.96. The number of carbonyl (C=O) groups excluding carboxylic acids is 1. The fourth-order valence-electron chi connectivity index (χ4n) is 4.27. The minimum Gasteiger partial charge on any atom is -0.495 e. The predicted octanol–water partition coefficient (Wildman–Crippen LogP) is 3.36. The van der Waals surface area contributed by atoms with Crippen molar-refractivity contribution in [2.24, 2.45) is 0 Å². The Morgan fingerprint density at radius 2 is 1.58 bits per heavy atom. The van der Waals surface area contributed by atoms with Crippen molar-refractivity contribution in [2.75, 3.05) is 63.8 Å². The van der Waals surface area contributed by atoms with Gasteiger partial charge in [0.1, 0.15) is 23.0 Å². The van der Waals surface area contributed by atoms with Gasteiger partial charge in [-0.25, -0.2) is 21.2 Å². The Hall–Kier alpha value is -3.63. The summed E-state index contributed by atoms with van der Waals surface area (Å²) in [5.74, 6) is -1.16. The second kappa shape index (κ2) is 13.3. The Morgan fingerprint density at radius 3 is 2.21 bits per heavy atom. The number of methoxy groups -OCH3 is 3. The van der Waals surface area contributed by atoms with Gasteiger partial charge in [0.05, 0.1) is 50.1 Å². The highest BCUT2D eigenvalue weighted by Gasteiger charge is 2.31. The van der Waals surface area contributed by atoms with Crippen molar-refractivity contribution in [3.05, 3.63) is 65.4 Å². The zero-order valence-electron chi connectivity index (χ0n) is 23.4. The number of benzene rings is 3. The largest absolute Gasteiger partial charge is 0.495 e. The lowest BCUT2D eigenvalue weighted by atomic mass is 10.3. The number of morpholine rings is 1. The van der Waals surface area contributed by atoms with E-state index in [0.29, 0.717) is 0 Å². The van der Waals surface area contributed by atoms with Crippen LogP contribution in [0, 0.1) is 5.82 Å². The van der Waals surface area contributed by atoms with Gasteiger partial charge in [0, 0.05) is 24.8 Å². The Morgan fingerprint density at radius 1 is 0.930 bits per heavy atom. The van der Waals surface area contributed by atoms with Gasteiger partial charge in [0.2, 0.25) is 15.9 Å². The van der Waals surface area contributed by atoms with Crippen LogP contribution >= 0.6 is 11.6 Å². The first kappa shape index (κ1) is 32.3. The molecular weight excluding hydrogens is 629 g/mol. The lowest BCUT2D eigenvalue weighted by Gasteiger charge is -2.27. The summed E-state index contributed by atoms with van der Waals surface area (Å²) in [4.78, 5) is 12.9. The average molecular weight is 658 g/mol. The van der Waals surface area contributed by atoms with Gasteiger partial charge in [-0.15, -0.1) is 0 Å². The molecule has 0 unspecified atom stereocenters. The fraction of sp³-hybridized carbons (Fsp3) is 0.296. The molecule has 0 aliphatic carbocycles. The lowest BCUT2D eigenvalue weighted by Crippen LogP contribution is -2.40. The topological polar surface area (TPSA) is 141 Å². The van der Waals surface area contributed by atoms with Crippen molar-refractivity contribution in [3.63, 3.8) is 0 Å². The molecule has 0 atom stereocenters. The zero-order chi connectivity index (χ0) is 31.4. The molecule has 0 saturated carbocycles. The van der Waals surface area contributed by atoms with E-state index in [1.165, 1.54) is 62.0 Å². The third-order valence-corrected chi connectivity index (χ3v) is 10.4. The number of hydrogen-bond acceptors (Lipinski definition) is 9. The number of amides is 1. The number of sulfonamides is 2. The van der Waals surface area contributed by atoms with E-state index in [1.54, 1.807) is 0 Å². The van der Waals surface area contributed by atoms with E-state index in [2.05, 4.69) is 5.32 Å². The first-order valence-electron chi connectivity index (χ1n) is 12.7. The number of nitrogens with one attached hydrogen (secondary N) is 1. The molecule has 1 amide bonds. The van der Waals surface area contributed by atoms with Crippen LogP contribution in [0.2, 0.25) is 5.02 Å². The molecule has 0 spiro atoms. The highest BCUT2D eigenvalue weighted by molar-refractivity contribution is 7.93. The molecule has 1 saturated heterocycles. The first-order valence-corrected chi connectivity index (χ1v) is 15.9. The van der Waals surface area contributed by atoms with E-state index in [1.807, 2.05) is 0 Å². The van der Waals surface area contributed by atoms with E-state index in [-0.39, 0.29) is 69.7 Å². The minimum absolute atomic E-state index is 0.0584. The van der Waals surface area contributed by atoms with E-state index in [9.17, 15) is 26.0 Å². The molecule has 1 aliphatic heterocycles. The first-order chi connectivity index (χ1) is 20.4. The van der Waals surface area contributed by atoms with Gasteiger partial charge >= 0.3 is 0 Å². The van der Waals surface area contributed by atoms with Crippen LogP contribution in [0.5, 0.6) is 17.2 Å². The molecule has 0 radical (unpaired) electrons. The number of halogens is 2. The monoisotopic (exact) mass is 657 g/mol. The molecule has 16 heteroatoms. The van der Waals surface area contributed by atoms with Crippen LogP contribution in [0.3, 0.4) is 0 Å². The summed E-state index contributed by atoms with van der Waals surface area (Å²) < 4.78 is 91.2. The van der Waals surface area contributed by atoms with Gasteiger partial charge < -0.3 is 24.3 Å². The van der Waals surface area contributed by atoms with Gasteiger partial charge in [0.15, 0.2) is 11.5 Å². The van der Waals surface area contributed by atoms with Crippen LogP contribution in [0.15, 0.2) is 64.4 Å². The summed E-state index contributed by atoms with van der Waals surface area (Å²) >= 11 is 5.95. The second-order valence-corrected chi connectivity index (χ2v) is 13.2. The SMILES string of the molecule is COc1ccc(S(=O)(=O)N(CC(=O)Nc2ccc(OC)c(S(=O)(=O)N3CCOCC3)c2)c2ccc(F)c(Cl)c2)cc1OC. The van der Waals surface area contributed by atoms with Crippen LogP contribution < -0.4 is 23.8 Å². The Balaban J connectivity index is 1.68. The molecule has 1 heterocycles. The van der Waals surface area contributed by atoms with Crippen molar-refractivity contribution in [3.8, 4) is 17.2 Å². The van der Waals surface area contributed by atoms with Crippen molar-refractivity contribution >= 4 is 48.9 Å². The number of anilines is 2. The summed E-state index contributed by atoms with van der Waals surface area (Å²) in [6.45, 7) is -0.0295. The quantitative estimate of drug-likeness (QED) is 0.329. The molecule has 232 valence electrons. The Bertz CT molecular complexity index is 1720. The minimum atomic E-state index is -4.46. The molecule has 0 bridgehead atoms. The van der Waals surface area contributed by atoms with E-state index < -0.39 is 38.3 Å². The standard InChI is InChI=1S/C27H29ClFN3O9S2/c1-38-23-9-6-20(16-25(23)40-3)42(34,35)32(19-5-7-22(29)21(28)15-19)17-27(33)30-18-4-8-24(39-2)26(14-18)43(36,37)31-10-12-41-13-11-31/h4-9,14-16H,10-13,17H2,1-3H3,(H,30,33). The maximum absolute atomic E-state index is 14.0. The molecule has 3 aromatic carbocycles.